The van der Waals surface area contributed by atoms with Crippen LogP contribution < -0.4 is 11.1 Å². The molecule has 0 saturated carbocycles. The quantitative estimate of drug-likeness (QED) is 0.490. The van der Waals surface area contributed by atoms with Crippen molar-refractivity contribution in [2.75, 3.05) is 18.2 Å². The Bertz CT molecular complexity index is 744. The van der Waals surface area contributed by atoms with Crippen LogP contribution in [-0.2, 0) is 14.3 Å². The predicted octanol–water partition coefficient (Wildman–Crippen LogP) is 3.40. The zero-order chi connectivity index (χ0) is 19.7. The van der Waals surface area contributed by atoms with Gasteiger partial charge in [-0.1, -0.05) is 12.1 Å². The summed E-state index contributed by atoms with van der Waals surface area (Å²) in [5, 5.41) is 2.06. The summed E-state index contributed by atoms with van der Waals surface area (Å²) in [7, 11) is 1.19. The van der Waals surface area contributed by atoms with Gasteiger partial charge < -0.3 is 15.8 Å². The zero-order valence-electron chi connectivity index (χ0n) is 13.7. The predicted molar refractivity (Wildman–Crippen MR) is 87.0 cm³/mol. The summed E-state index contributed by atoms with van der Waals surface area (Å²) in [5.41, 5.74) is 4.00. The van der Waals surface area contributed by atoms with E-state index in [-0.39, 0.29) is 12.8 Å². The lowest BCUT2D eigenvalue weighted by Crippen LogP contribution is -2.15. The van der Waals surface area contributed by atoms with Crippen LogP contribution in [0.1, 0.15) is 12.8 Å². The first-order valence-electron chi connectivity index (χ1n) is 7.26. The highest BCUT2D eigenvalue weighted by molar-refractivity contribution is 5.92. The van der Waals surface area contributed by atoms with Crippen LogP contribution in [0.5, 0.6) is 0 Å². The largest absolute Gasteiger partial charge is 0.469 e. The van der Waals surface area contributed by atoms with Crippen LogP contribution in [0.4, 0.5) is 28.9 Å². The van der Waals surface area contributed by atoms with Gasteiger partial charge >= 0.3 is 5.97 Å². The third-order valence-electron chi connectivity index (χ3n) is 3.01. The van der Waals surface area contributed by atoms with E-state index >= 15 is 0 Å². The van der Waals surface area contributed by atoms with Gasteiger partial charge in [-0.3, -0.25) is 9.59 Å². The van der Waals surface area contributed by atoms with Gasteiger partial charge in [-0.25, -0.2) is 17.6 Å². The minimum atomic E-state index is -0.864. The molecule has 0 aliphatic rings. The molecule has 0 bridgehead atoms. The lowest BCUT2D eigenvalue weighted by atomic mass is 10.2. The van der Waals surface area contributed by atoms with Gasteiger partial charge in [0.05, 0.1) is 13.5 Å². The van der Waals surface area contributed by atoms with Gasteiger partial charge in [-0.05, 0) is 24.3 Å². The Hall–Kier alpha value is -3.10. The summed E-state index contributed by atoms with van der Waals surface area (Å²) in [6, 6.07) is 6.73. The Labute approximate surface area is 146 Å². The monoisotopic (exact) mass is 372 g/mol. The van der Waals surface area contributed by atoms with Crippen molar-refractivity contribution in [3.05, 3.63) is 59.7 Å². The lowest BCUT2D eigenvalue weighted by Gasteiger charge is -2.06. The average Bonchev–Trinajstić information content (AvgIpc) is 2.61. The molecule has 0 aliphatic heterocycles. The minimum absolute atomic E-state index is 0.140. The third-order valence-corrected chi connectivity index (χ3v) is 3.01. The van der Waals surface area contributed by atoms with Gasteiger partial charge in [-0.2, -0.15) is 0 Å². The maximum atomic E-state index is 13.1. The third kappa shape index (κ3) is 6.42. The Morgan fingerprint density at radius 3 is 1.81 bits per heavy atom. The summed E-state index contributed by atoms with van der Waals surface area (Å²) in [5.74, 6) is -4.37. The first-order chi connectivity index (χ1) is 12.3. The second kappa shape index (κ2) is 10.0. The van der Waals surface area contributed by atoms with E-state index in [0.717, 1.165) is 24.3 Å². The van der Waals surface area contributed by atoms with Crippen LogP contribution in [-0.4, -0.2) is 19.0 Å². The number of carbonyl (C=O) groups is 2. The highest BCUT2D eigenvalue weighted by Crippen LogP contribution is 2.18. The molecule has 2 aromatic carbocycles. The summed E-state index contributed by atoms with van der Waals surface area (Å²) < 4.78 is 55.0. The number of rotatable bonds is 4. The maximum Gasteiger partial charge on any atom is 0.306 e. The Morgan fingerprint density at radius 1 is 0.923 bits per heavy atom. The number of para-hydroxylation sites is 2. The molecule has 9 heteroatoms. The standard InChI is InChI=1S/C11H11F2NO3.C6H5F2N/c1-17-10(16)6-5-9(15)14-11-7(12)3-2-4-8(11)13;7-4-2-1-3-5(8)6(4)9/h2-4H,5-6H2,1H3,(H,14,15);1-3H,9H2. The molecule has 0 saturated heterocycles. The molecule has 140 valence electrons. The molecular weight excluding hydrogens is 356 g/mol. The molecule has 26 heavy (non-hydrogen) atoms. The lowest BCUT2D eigenvalue weighted by molar-refractivity contribution is -0.141. The van der Waals surface area contributed by atoms with Crippen molar-refractivity contribution in [1.82, 2.24) is 0 Å². The van der Waals surface area contributed by atoms with E-state index < -0.39 is 46.5 Å². The number of esters is 1. The molecule has 0 radical (unpaired) electrons. The molecule has 0 unspecified atom stereocenters. The molecule has 0 aromatic heterocycles. The minimum Gasteiger partial charge on any atom is -0.469 e. The summed E-state index contributed by atoms with van der Waals surface area (Å²) in [4.78, 5) is 22.0. The van der Waals surface area contributed by atoms with Gasteiger partial charge in [0.2, 0.25) is 5.91 Å². The highest BCUT2D eigenvalue weighted by atomic mass is 19.1. The fourth-order valence-corrected chi connectivity index (χ4v) is 1.65. The maximum absolute atomic E-state index is 13.1. The molecule has 5 nitrogen and oxygen atoms in total. The topological polar surface area (TPSA) is 81.4 Å². The van der Waals surface area contributed by atoms with Gasteiger partial charge in [0.15, 0.2) is 0 Å². The molecule has 0 atom stereocenters. The Kier molecular flexibility index (Phi) is 8.07. The number of carbonyl (C=O) groups excluding carboxylic acids is 2. The molecule has 3 N–H and O–H groups in total. The highest BCUT2D eigenvalue weighted by Gasteiger charge is 2.13. The fraction of sp³-hybridized carbons (Fsp3) is 0.176. The van der Waals surface area contributed by atoms with Crippen molar-refractivity contribution in [3.8, 4) is 0 Å². The van der Waals surface area contributed by atoms with Crippen molar-refractivity contribution in [3.63, 3.8) is 0 Å². The Balaban J connectivity index is 0.000000314. The number of methoxy groups -OCH3 is 1. The van der Waals surface area contributed by atoms with Crippen LogP contribution in [0.3, 0.4) is 0 Å². The van der Waals surface area contributed by atoms with Gasteiger partial charge in [0.25, 0.3) is 0 Å². The average molecular weight is 372 g/mol. The second-order valence-corrected chi connectivity index (χ2v) is 4.86. The number of hydrogen-bond donors (Lipinski definition) is 2. The molecule has 0 fully saturated rings. The van der Waals surface area contributed by atoms with Crippen molar-refractivity contribution in [2.24, 2.45) is 0 Å². The van der Waals surface area contributed by atoms with E-state index in [1.165, 1.54) is 19.2 Å². The number of hydrogen-bond acceptors (Lipinski definition) is 4. The molecule has 1 amide bonds. The summed E-state index contributed by atoms with van der Waals surface area (Å²) in [6.07, 6.45) is -0.334. The van der Waals surface area contributed by atoms with Crippen LogP contribution in [0.2, 0.25) is 0 Å². The molecule has 2 aromatic rings. The number of benzene rings is 2. The smallest absolute Gasteiger partial charge is 0.306 e. The second-order valence-electron chi connectivity index (χ2n) is 4.86. The number of nitrogens with two attached hydrogens (primary N) is 1. The zero-order valence-corrected chi connectivity index (χ0v) is 13.7. The van der Waals surface area contributed by atoms with Crippen LogP contribution in [0.15, 0.2) is 36.4 Å². The van der Waals surface area contributed by atoms with E-state index in [4.69, 9.17) is 5.73 Å². The number of amides is 1. The van der Waals surface area contributed by atoms with Gasteiger partial charge in [0.1, 0.15) is 34.6 Å². The van der Waals surface area contributed by atoms with Crippen LogP contribution in [0, 0.1) is 23.3 Å². The Morgan fingerprint density at radius 2 is 1.38 bits per heavy atom. The van der Waals surface area contributed by atoms with Crippen LogP contribution in [0.25, 0.3) is 0 Å². The number of ether oxygens (including phenoxy) is 1. The first kappa shape index (κ1) is 20.9. The molecule has 0 spiro atoms. The van der Waals surface area contributed by atoms with E-state index in [0.29, 0.717) is 0 Å². The van der Waals surface area contributed by atoms with Crippen LogP contribution >= 0.6 is 0 Å². The van der Waals surface area contributed by atoms with E-state index in [2.05, 4.69) is 10.1 Å². The van der Waals surface area contributed by atoms with E-state index in [9.17, 15) is 27.2 Å². The van der Waals surface area contributed by atoms with E-state index in [1.807, 2.05) is 0 Å². The fourth-order valence-electron chi connectivity index (χ4n) is 1.65. The molecule has 0 heterocycles. The van der Waals surface area contributed by atoms with Crippen molar-refractivity contribution in [1.29, 1.82) is 0 Å². The number of nitrogens with one attached hydrogen (secondary N) is 1. The SMILES string of the molecule is COC(=O)CCC(=O)Nc1c(F)cccc1F.Nc1c(F)cccc1F. The van der Waals surface area contributed by atoms with Gasteiger partial charge in [-0.15, -0.1) is 0 Å². The number of nitrogen functional groups attached to an aromatic ring is 1. The molecular formula is C17H16F4N2O3. The van der Waals surface area contributed by atoms with E-state index in [1.54, 1.807) is 0 Å². The first-order valence-corrected chi connectivity index (χ1v) is 7.26. The van der Waals surface area contributed by atoms with Crippen molar-refractivity contribution >= 4 is 23.3 Å². The van der Waals surface area contributed by atoms with Crippen molar-refractivity contribution in [2.45, 2.75) is 12.8 Å². The summed E-state index contributed by atoms with van der Waals surface area (Å²) >= 11 is 0. The van der Waals surface area contributed by atoms with Crippen molar-refractivity contribution < 1.29 is 31.9 Å². The number of halogens is 4. The summed E-state index contributed by atoms with van der Waals surface area (Å²) in [6.45, 7) is 0. The molecule has 2 rings (SSSR count). The van der Waals surface area contributed by atoms with Gasteiger partial charge in [0, 0.05) is 6.42 Å². The molecule has 0 aliphatic carbocycles. The normalized spacial score (nSPS) is 9.73. The number of anilines is 2.